The van der Waals surface area contributed by atoms with Crippen LogP contribution in [-0.4, -0.2) is 106 Å². The maximum absolute atomic E-state index is 10.5. The first-order valence-electron chi connectivity index (χ1n) is 28.9. The van der Waals surface area contributed by atoms with E-state index in [9.17, 15) is 14.4 Å². The number of thioether (sulfide) groups is 2. The smallest absolute Gasteiger partial charge is 0.204 e. The Labute approximate surface area is 585 Å². The van der Waals surface area contributed by atoms with Crippen molar-refractivity contribution in [1.29, 1.82) is 0 Å². The Morgan fingerprint density at radius 2 is 1.15 bits per heavy atom. The van der Waals surface area contributed by atoms with Crippen molar-refractivity contribution in [2.45, 2.75) is 49.3 Å². The second-order valence-electron chi connectivity index (χ2n) is 19.5. The van der Waals surface area contributed by atoms with Gasteiger partial charge in [-0.05, 0) is 139 Å². The van der Waals surface area contributed by atoms with E-state index in [2.05, 4.69) is 102 Å². The highest BCUT2D eigenvalue weighted by Crippen LogP contribution is 2.28. The van der Waals surface area contributed by atoms with Crippen LogP contribution in [0.15, 0.2) is 196 Å². The summed E-state index contributed by atoms with van der Waals surface area (Å²) in [5.41, 5.74) is 35.7. The maximum atomic E-state index is 10.5. The molecule has 26 heteroatoms. The number of nitrogens with one attached hydrogen (secondary N) is 3. The minimum atomic E-state index is 0.414. The number of hydrogen-bond acceptors (Lipinski definition) is 23. The molecule has 7 heterocycles. The van der Waals surface area contributed by atoms with E-state index >= 15 is 0 Å². The lowest BCUT2D eigenvalue weighted by Crippen LogP contribution is -2.36. The van der Waals surface area contributed by atoms with Gasteiger partial charge in [0.15, 0.2) is 3.95 Å². The number of methoxy groups -OCH3 is 1. The average Bonchev–Trinajstić information content (AvgIpc) is 1.80. The van der Waals surface area contributed by atoms with Crippen LogP contribution in [-0.2, 0) is 30.4 Å². The van der Waals surface area contributed by atoms with Crippen molar-refractivity contribution in [2.75, 3.05) is 78.7 Å². The van der Waals surface area contributed by atoms with Gasteiger partial charge in [-0.15, -0.1) is 50.2 Å². The molecular formula is C68H75N13O5S8. The minimum absolute atomic E-state index is 0.414. The number of thiocarbonyl (C=S) groups is 2. The number of aromatic nitrogens is 5. The van der Waals surface area contributed by atoms with Crippen molar-refractivity contribution in [3.63, 3.8) is 0 Å². The number of rotatable bonds is 8. The van der Waals surface area contributed by atoms with E-state index in [-0.39, 0.29) is 0 Å². The number of nitrogens with two attached hydrogens (primary N) is 4. The highest BCUT2D eigenvalue weighted by molar-refractivity contribution is 7.98. The summed E-state index contributed by atoms with van der Waals surface area (Å²) in [6.07, 6.45) is 10.3. The molecule has 0 aliphatic carbocycles. The van der Waals surface area contributed by atoms with E-state index in [1.165, 1.54) is 66.1 Å². The molecule has 1 saturated heterocycles. The van der Waals surface area contributed by atoms with Gasteiger partial charge in [-0.3, -0.25) is 24.5 Å². The van der Waals surface area contributed by atoms with E-state index in [4.69, 9.17) is 56.8 Å². The molecule has 14 rings (SSSR count). The molecule has 0 saturated carbocycles. The number of ether oxygens (including phenoxy) is 2. The van der Waals surface area contributed by atoms with Crippen LogP contribution in [0, 0.1) is 10.9 Å². The Morgan fingerprint density at radius 3 is 1.60 bits per heavy atom. The number of aromatic amines is 1. The van der Waals surface area contributed by atoms with Crippen LogP contribution in [0.25, 0.3) is 0 Å². The molecule has 0 radical (unpaired) electrons. The van der Waals surface area contributed by atoms with Gasteiger partial charge in [0.2, 0.25) is 15.4 Å². The van der Waals surface area contributed by atoms with Crippen molar-refractivity contribution in [3.05, 3.63) is 229 Å². The molecule has 11 N–H and O–H groups in total. The third kappa shape index (κ3) is 29.2. The Bertz CT molecular complexity index is 3860. The first-order valence-corrected chi connectivity index (χ1v) is 35.2. The lowest BCUT2D eigenvalue weighted by Gasteiger charge is -2.28. The molecule has 4 aliphatic rings. The average molecular weight is 1410 g/mol. The van der Waals surface area contributed by atoms with Gasteiger partial charge in [0.25, 0.3) is 0 Å². The Morgan fingerprint density at radius 1 is 0.617 bits per heavy atom. The van der Waals surface area contributed by atoms with Gasteiger partial charge >= 0.3 is 0 Å². The number of hydrogen-bond donors (Lipinski definition) is 7. The normalized spacial score (nSPS) is 12.1. The molecular weight excluding hydrogens is 1340 g/mol. The van der Waals surface area contributed by atoms with Crippen molar-refractivity contribution < 1.29 is 23.9 Å². The number of carbonyl (C=O) groups excluding carboxylic acids is 3. The summed E-state index contributed by atoms with van der Waals surface area (Å²) in [6, 6.07) is 55.3. The van der Waals surface area contributed by atoms with Crippen molar-refractivity contribution >= 4 is 167 Å². The highest BCUT2D eigenvalue weighted by atomic mass is 32.2. The third-order valence-electron chi connectivity index (χ3n) is 12.8. The molecule has 4 aliphatic heterocycles. The van der Waals surface area contributed by atoms with Crippen molar-refractivity contribution in [3.8, 4) is 5.75 Å². The van der Waals surface area contributed by atoms with Crippen LogP contribution in [0.2, 0.25) is 0 Å². The van der Waals surface area contributed by atoms with E-state index in [1.807, 2.05) is 164 Å². The number of fused-ring (bicyclic) bond motifs is 3. The highest BCUT2D eigenvalue weighted by Gasteiger charge is 2.15. The van der Waals surface area contributed by atoms with Crippen LogP contribution in [0.4, 0.5) is 38.1 Å². The molecule has 0 spiro atoms. The lowest BCUT2D eigenvalue weighted by molar-refractivity contribution is 0.111. The monoisotopic (exact) mass is 1410 g/mol. The van der Waals surface area contributed by atoms with Gasteiger partial charge in [0.05, 0.1) is 41.5 Å². The minimum Gasteiger partial charge on any atom is -0.497 e. The molecule has 18 nitrogen and oxygen atoms in total. The van der Waals surface area contributed by atoms with E-state index in [0.717, 1.165) is 126 Å². The first kappa shape index (κ1) is 76.1. The number of benzene rings is 7. The summed E-state index contributed by atoms with van der Waals surface area (Å²) >= 11 is 22.2. The van der Waals surface area contributed by atoms with Gasteiger partial charge < -0.3 is 47.9 Å². The van der Waals surface area contributed by atoms with Crippen molar-refractivity contribution in [2.24, 2.45) is 10.7 Å². The summed E-state index contributed by atoms with van der Waals surface area (Å²) in [7, 11) is 1.67. The number of anilines is 6. The first-order chi connectivity index (χ1) is 45.5. The molecule has 0 bridgehead atoms. The third-order valence-corrected chi connectivity index (χ3v) is 17.0. The number of aliphatic imine (C=N–C) groups is 1. The van der Waals surface area contributed by atoms with Gasteiger partial charge in [-0.2, -0.15) is 0 Å². The van der Waals surface area contributed by atoms with Crippen LogP contribution in [0.3, 0.4) is 0 Å². The van der Waals surface area contributed by atoms with E-state index < -0.39 is 0 Å². The fraction of sp³-hybridized carbons (Fsp3) is 0.191. The Kier molecular flexibility index (Phi) is 35.1. The zero-order valence-electron chi connectivity index (χ0n) is 52.5. The number of nitrogens with zero attached hydrogens (tertiary/aromatic N) is 6. The number of morpholine rings is 1. The molecule has 0 unspecified atom stereocenters. The lowest BCUT2D eigenvalue weighted by atomic mass is 10.1. The van der Waals surface area contributed by atoms with Gasteiger partial charge in [0.1, 0.15) is 30.4 Å². The topological polar surface area (TPSA) is 281 Å². The number of carbonyl (C=O) groups is 3. The molecule has 0 atom stereocenters. The zero-order chi connectivity index (χ0) is 67.9. The van der Waals surface area contributed by atoms with Crippen LogP contribution in [0.5, 0.6) is 5.75 Å². The van der Waals surface area contributed by atoms with Gasteiger partial charge in [-0.25, -0.2) is 4.99 Å². The number of amidine groups is 1. The summed E-state index contributed by atoms with van der Waals surface area (Å²) in [5, 5.41) is 22.6. The molecule has 0 amide bonds. The fourth-order valence-corrected chi connectivity index (χ4v) is 11.0. The van der Waals surface area contributed by atoms with Crippen molar-refractivity contribution in [1.82, 2.24) is 25.4 Å². The SMILES string of the molecule is CCc1ccc(C=O)cc1.COc1ccc2c(c1)CC(=S)N2.CSc1ccc(C=O)cc1.CSc1ccccc1.Cc1cscn1.NC1=Nc2ccccc2C1.Nc1n[nH]c(=S)s1.Nc1nnc(N)s1.O=Cc1ccc(N2CCOCC2)cc1.S=C1Cc2ccccc2N1. The predicted molar refractivity (Wildman–Crippen MR) is 406 cm³/mol. The van der Waals surface area contributed by atoms with Gasteiger partial charge in [0, 0.05) is 87.0 Å². The van der Waals surface area contributed by atoms with Crippen LogP contribution < -0.4 is 43.2 Å². The number of H-pyrrole nitrogens is 1. The predicted octanol–water partition coefficient (Wildman–Crippen LogP) is 15.2. The second kappa shape index (κ2) is 43.4. The number of aldehydes is 3. The number of aryl methyl sites for hydroxylation is 2. The molecule has 7 aromatic carbocycles. The molecule has 490 valence electrons. The van der Waals surface area contributed by atoms with Gasteiger partial charge in [-0.1, -0.05) is 145 Å². The Balaban J connectivity index is 0.000000191. The molecule has 3 aromatic heterocycles. The molecule has 1 fully saturated rings. The maximum Gasteiger partial charge on any atom is 0.204 e. The van der Waals surface area contributed by atoms with Crippen LogP contribution >= 0.6 is 94.2 Å². The fourth-order valence-electron chi connectivity index (χ4n) is 8.07. The summed E-state index contributed by atoms with van der Waals surface area (Å²) < 4.78 is 11.0. The van der Waals surface area contributed by atoms with Crippen LogP contribution in [0.1, 0.15) is 65.9 Å². The second-order valence-corrected chi connectivity index (χ2v) is 25.7. The largest absolute Gasteiger partial charge is 0.497 e. The summed E-state index contributed by atoms with van der Waals surface area (Å²) in [4.78, 5) is 45.5. The van der Waals surface area contributed by atoms with E-state index in [0.29, 0.717) is 19.3 Å². The Hall–Kier alpha value is -8.57. The number of thiazole rings is 1. The standard InChI is InChI=1S/C11H13NO2.C9H9NOS.C9H10O.C8H8N2.C8H7NS.C8H8OS.C7H8S.C4H5NS.C2H4N4S.C2H3N3S2/c13-9-10-1-3-11(4-2-10)12-5-7-14-8-6-12;1-11-7-2-3-8-6(4-7)5-9(12)10-8;1-2-8-3-5-9(7-10)6-4-8;9-8-5-6-3-1-2-4-7(6)10-8;10-8-5-6-3-1-2-4-7(6)9-8;1-10-8-4-2-7(6-9)3-5-8;1-8-7-5-3-2-4-6-7;1-4-2-6-3-5-4;3-1-5-6-2(4)7-1;3-1-4-5-2(6)7-1/h1-4,9H,5-8H2;2-4H,5H2,1H3,(H,10,12);3-7H,2H2,1H3;1-4H,5H2,(H2,9,10);1-4H,5H2,(H,9,10);2-6H,1H3;2-6H,1H3;2-3H,1H3;(H2,3,5)(H2,4,6);(H2,3,4)(H,5,6). The molecule has 10 aromatic rings. The zero-order valence-corrected chi connectivity index (χ0v) is 59.0. The number of nitrogen functional groups attached to an aromatic ring is 3. The number of para-hydroxylation sites is 2. The summed E-state index contributed by atoms with van der Waals surface area (Å²) in [5.74, 6) is 1.61. The quantitative estimate of drug-likeness (QED) is 0.0423. The summed E-state index contributed by atoms with van der Waals surface area (Å²) in [6.45, 7) is 7.51. The molecule has 94 heavy (non-hydrogen) atoms. The van der Waals surface area contributed by atoms with E-state index in [1.54, 1.807) is 42.0 Å².